The van der Waals surface area contributed by atoms with Gasteiger partial charge in [-0.05, 0) is 18.1 Å². The third-order valence-corrected chi connectivity index (χ3v) is 6.84. The highest BCUT2D eigenvalue weighted by atomic mass is 31.3. The lowest BCUT2D eigenvalue weighted by atomic mass is 9.92. The maximum Gasteiger partial charge on any atom is 0.476 e. The molecule has 0 saturated heterocycles. The molecule has 1 unspecified atom stereocenters. The Morgan fingerprint density at radius 2 is 1.18 bits per heavy atom. The summed E-state index contributed by atoms with van der Waals surface area (Å²) in [6, 6.07) is 16.6. The highest BCUT2D eigenvalue weighted by Gasteiger charge is 2.51. The molecule has 0 heterocycles. The van der Waals surface area contributed by atoms with Crippen LogP contribution >= 0.6 is 15.4 Å². The van der Waals surface area contributed by atoms with E-state index in [1.807, 2.05) is 0 Å². The summed E-state index contributed by atoms with van der Waals surface area (Å²) in [5.74, 6) is 0. The van der Waals surface area contributed by atoms with Gasteiger partial charge in [0.25, 0.3) is 0 Å². The van der Waals surface area contributed by atoms with Crippen molar-refractivity contribution >= 4 is 15.4 Å². The van der Waals surface area contributed by atoms with Gasteiger partial charge in [0.15, 0.2) is 0 Å². The highest BCUT2D eigenvalue weighted by molar-refractivity contribution is 7.64. The van der Waals surface area contributed by atoms with Crippen LogP contribution in [0.2, 0.25) is 0 Å². The molecule has 2 aromatic carbocycles. The molecule has 2 rings (SSSR count). The van der Waals surface area contributed by atoms with Crippen LogP contribution in [-0.4, -0.2) is 14.7 Å². The summed E-state index contributed by atoms with van der Waals surface area (Å²) in [6.45, 7) is 1.42. The lowest BCUT2D eigenvalue weighted by molar-refractivity contribution is 0.254. The maximum absolute atomic E-state index is 12.7. The standard InChI is InChI=1S/C14H16O6P2/c1-14(12-8-4-2-5-9-12,13-10-6-3-7-11-13)21(15,16)20-22(17,18)19/h2-11H,1H3,(H,15,16)(H2,17,18,19). The highest BCUT2D eigenvalue weighted by Crippen LogP contribution is 2.70. The minimum Gasteiger partial charge on any atom is -0.323 e. The predicted molar refractivity (Wildman–Crippen MR) is 82.3 cm³/mol. The van der Waals surface area contributed by atoms with Gasteiger partial charge in [-0.2, -0.15) is 0 Å². The average Bonchev–Trinajstić information content (AvgIpc) is 2.45. The molecule has 0 aliphatic carbocycles. The largest absolute Gasteiger partial charge is 0.476 e. The van der Waals surface area contributed by atoms with Crippen LogP contribution in [0.3, 0.4) is 0 Å². The van der Waals surface area contributed by atoms with E-state index in [0.29, 0.717) is 11.1 Å². The van der Waals surface area contributed by atoms with E-state index in [0.717, 1.165) is 0 Å². The van der Waals surface area contributed by atoms with Gasteiger partial charge in [0.1, 0.15) is 5.16 Å². The van der Waals surface area contributed by atoms with Gasteiger partial charge in [-0.3, -0.25) is 4.57 Å². The molecular formula is C14H16O6P2. The minimum absolute atomic E-state index is 0.417. The number of rotatable bonds is 5. The SMILES string of the molecule is CC(c1ccccc1)(c1ccccc1)P(=O)(O)OP(=O)(O)O. The fourth-order valence-corrected chi connectivity index (χ4v) is 5.00. The molecule has 0 bridgehead atoms. The van der Waals surface area contributed by atoms with Crippen LogP contribution in [-0.2, 0) is 18.6 Å². The Labute approximate surface area is 128 Å². The molecule has 0 aliphatic rings. The second-order valence-electron chi connectivity index (χ2n) is 4.90. The summed E-state index contributed by atoms with van der Waals surface area (Å²) >= 11 is 0. The van der Waals surface area contributed by atoms with E-state index in [9.17, 15) is 14.0 Å². The molecule has 3 N–H and O–H groups in total. The van der Waals surface area contributed by atoms with E-state index in [1.54, 1.807) is 60.7 Å². The third kappa shape index (κ3) is 3.39. The van der Waals surface area contributed by atoms with Crippen LogP contribution in [0, 0.1) is 0 Å². The van der Waals surface area contributed by atoms with Gasteiger partial charge in [-0.25, -0.2) is 8.88 Å². The van der Waals surface area contributed by atoms with Gasteiger partial charge in [-0.15, -0.1) is 0 Å². The topological polar surface area (TPSA) is 104 Å². The minimum atomic E-state index is -5.14. The van der Waals surface area contributed by atoms with Crippen molar-refractivity contribution in [3.63, 3.8) is 0 Å². The van der Waals surface area contributed by atoms with E-state index < -0.39 is 20.6 Å². The van der Waals surface area contributed by atoms with Crippen LogP contribution in [0.25, 0.3) is 0 Å². The van der Waals surface area contributed by atoms with E-state index in [1.165, 1.54) is 6.92 Å². The first-order valence-corrected chi connectivity index (χ1v) is 9.48. The van der Waals surface area contributed by atoms with Crippen LogP contribution in [0.1, 0.15) is 18.1 Å². The third-order valence-electron chi connectivity index (χ3n) is 3.45. The molecule has 0 saturated carbocycles. The van der Waals surface area contributed by atoms with Crippen molar-refractivity contribution in [2.45, 2.75) is 12.1 Å². The summed E-state index contributed by atoms with van der Waals surface area (Å²) in [5.41, 5.74) is 0.834. The molecule has 0 aromatic heterocycles. The van der Waals surface area contributed by atoms with E-state index in [2.05, 4.69) is 4.31 Å². The molecular weight excluding hydrogens is 326 g/mol. The molecule has 0 aliphatic heterocycles. The predicted octanol–water partition coefficient (Wildman–Crippen LogP) is 3.24. The lowest BCUT2D eigenvalue weighted by Crippen LogP contribution is -2.24. The molecule has 0 amide bonds. The maximum atomic E-state index is 12.7. The van der Waals surface area contributed by atoms with Crippen molar-refractivity contribution < 1.29 is 28.1 Å². The first-order chi connectivity index (χ1) is 10.2. The number of benzene rings is 2. The van der Waals surface area contributed by atoms with Crippen LogP contribution < -0.4 is 0 Å². The molecule has 118 valence electrons. The van der Waals surface area contributed by atoms with E-state index >= 15 is 0 Å². The van der Waals surface area contributed by atoms with Crippen molar-refractivity contribution in [3.05, 3.63) is 71.8 Å². The molecule has 0 spiro atoms. The Morgan fingerprint density at radius 3 is 1.50 bits per heavy atom. The van der Waals surface area contributed by atoms with Crippen LogP contribution in [0.4, 0.5) is 0 Å². The number of phosphoric acid groups is 1. The smallest absolute Gasteiger partial charge is 0.323 e. The Balaban J connectivity index is 2.67. The fourth-order valence-electron chi connectivity index (χ4n) is 2.24. The van der Waals surface area contributed by atoms with Crippen LogP contribution in [0.5, 0.6) is 0 Å². The number of hydrogen-bond donors (Lipinski definition) is 3. The summed E-state index contributed by atoms with van der Waals surface area (Å²) in [5, 5.41) is -1.61. The van der Waals surface area contributed by atoms with Crippen molar-refractivity contribution in [3.8, 4) is 0 Å². The average molecular weight is 342 g/mol. The van der Waals surface area contributed by atoms with Gasteiger partial charge in [0, 0.05) is 0 Å². The lowest BCUT2D eigenvalue weighted by Gasteiger charge is -2.34. The zero-order chi connectivity index (χ0) is 16.4. The summed E-state index contributed by atoms with van der Waals surface area (Å²) in [6.07, 6.45) is 0. The summed E-state index contributed by atoms with van der Waals surface area (Å²) < 4.78 is 28.1. The molecule has 6 nitrogen and oxygen atoms in total. The first-order valence-electron chi connectivity index (χ1n) is 6.38. The quantitative estimate of drug-likeness (QED) is 0.721. The molecule has 0 radical (unpaired) electrons. The Morgan fingerprint density at radius 1 is 0.818 bits per heavy atom. The second kappa shape index (κ2) is 6.09. The second-order valence-corrected chi connectivity index (χ2v) is 8.47. The van der Waals surface area contributed by atoms with E-state index in [-0.39, 0.29) is 0 Å². The summed E-state index contributed by atoms with van der Waals surface area (Å²) in [4.78, 5) is 28.3. The molecule has 8 heteroatoms. The molecule has 1 atom stereocenters. The fraction of sp³-hybridized carbons (Fsp3) is 0.143. The van der Waals surface area contributed by atoms with Gasteiger partial charge < -0.3 is 14.7 Å². The Bertz CT molecular complexity index is 686. The molecule has 0 fully saturated rings. The molecule has 22 heavy (non-hydrogen) atoms. The zero-order valence-electron chi connectivity index (χ0n) is 11.7. The monoisotopic (exact) mass is 342 g/mol. The van der Waals surface area contributed by atoms with Crippen molar-refractivity contribution in [2.24, 2.45) is 0 Å². The van der Waals surface area contributed by atoms with Crippen molar-refractivity contribution in [1.29, 1.82) is 0 Å². The van der Waals surface area contributed by atoms with E-state index in [4.69, 9.17) is 9.79 Å². The Hall–Kier alpha value is -1.26. The Kier molecular flexibility index (Phi) is 4.73. The van der Waals surface area contributed by atoms with Crippen molar-refractivity contribution in [2.75, 3.05) is 0 Å². The van der Waals surface area contributed by atoms with Gasteiger partial charge in [-0.1, -0.05) is 60.7 Å². The first kappa shape index (κ1) is 17.1. The van der Waals surface area contributed by atoms with Crippen LogP contribution in [0.15, 0.2) is 60.7 Å². The summed E-state index contributed by atoms with van der Waals surface area (Å²) in [7, 11) is -9.88. The van der Waals surface area contributed by atoms with Crippen molar-refractivity contribution in [1.82, 2.24) is 0 Å². The molecule has 2 aromatic rings. The van der Waals surface area contributed by atoms with Gasteiger partial charge >= 0.3 is 15.4 Å². The zero-order valence-corrected chi connectivity index (χ0v) is 13.5. The van der Waals surface area contributed by atoms with Gasteiger partial charge in [0.05, 0.1) is 0 Å². The number of hydrogen-bond acceptors (Lipinski definition) is 3. The normalized spacial score (nSPS) is 15.3. The van der Waals surface area contributed by atoms with Gasteiger partial charge in [0.2, 0.25) is 0 Å².